The minimum atomic E-state index is -0.962. The molecular formula is C31H28ClNO4. The number of aromatic carboxylic acids is 1. The van der Waals surface area contributed by atoms with Crippen LogP contribution in [-0.2, 0) is 12.8 Å². The highest BCUT2D eigenvalue weighted by molar-refractivity contribution is 6.30. The Balaban J connectivity index is 1.25. The van der Waals surface area contributed by atoms with E-state index in [-0.39, 0.29) is 5.56 Å². The molecule has 1 aliphatic carbocycles. The largest absolute Gasteiger partial charge is 0.478 e. The molecule has 0 heterocycles. The van der Waals surface area contributed by atoms with Gasteiger partial charge in [0, 0.05) is 17.6 Å². The van der Waals surface area contributed by atoms with E-state index in [1.165, 1.54) is 23.3 Å². The van der Waals surface area contributed by atoms with Gasteiger partial charge in [0.15, 0.2) is 0 Å². The van der Waals surface area contributed by atoms with Crippen molar-refractivity contribution < 1.29 is 19.7 Å². The Labute approximate surface area is 221 Å². The number of rotatable bonds is 8. The zero-order chi connectivity index (χ0) is 25.8. The fraction of sp³-hybridized carbons (Fsp3) is 0.194. The van der Waals surface area contributed by atoms with Gasteiger partial charge in [0.2, 0.25) is 0 Å². The average molecular weight is 514 g/mol. The molecule has 3 N–H and O–H groups in total. The molecule has 6 heteroatoms. The smallest absolute Gasteiger partial charge is 0.335 e. The molecule has 2 atom stereocenters. The lowest BCUT2D eigenvalue weighted by Gasteiger charge is -2.27. The van der Waals surface area contributed by atoms with Gasteiger partial charge in [-0.25, -0.2) is 4.79 Å². The maximum Gasteiger partial charge on any atom is 0.335 e. The van der Waals surface area contributed by atoms with Crippen LogP contribution in [0.15, 0.2) is 91.0 Å². The SMILES string of the molecule is O=C(O)c1ccc(Oc2cccc(-c3ccc4c(c3)C[C@@H](NC[C@H](O)c3cccc(Cl)c3)CC4)c2)cc1. The van der Waals surface area contributed by atoms with E-state index in [0.717, 1.165) is 36.0 Å². The number of ether oxygens (including phenoxy) is 1. The molecule has 0 aromatic heterocycles. The Morgan fingerprint density at radius 1 is 0.919 bits per heavy atom. The number of aryl methyl sites for hydroxylation is 1. The second kappa shape index (κ2) is 11.2. The highest BCUT2D eigenvalue weighted by Crippen LogP contribution is 2.31. The van der Waals surface area contributed by atoms with Gasteiger partial charge in [-0.3, -0.25) is 0 Å². The van der Waals surface area contributed by atoms with Gasteiger partial charge >= 0.3 is 5.97 Å². The van der Waals surface area contributed by atoms with E-state index >= 15 is 0 Å². The van der Waals surface area contributed by atoms with Crippen LogP contribution in [0.4, 0.5) is 0 Å². The Bertz CT molecular complexity index is 1400. The number of halogens is 1. The van der Waals surface area contributed by atoms with Crippen LogP contribution in [-0.4, -0.2) is 28.8 Å². The zero-order valence-corrected chi connectivity index (χ0v) is 21.0. The summed E-state index contributed by atoms with van der Waals surface area (Å²) in [5, 5.41) is 23.8. The number of aliphatic hydroxyl groups is 1. The standard InChI is InChI=1S/C31H28ClNO4/c32-26-5-1-4-24(16-26)30(34)19-33-27-12-9-20-7-8-23(15-25(20)17-27)22-3-2-6-29(18-22)37-28-13-10-21(11-14-28)31(35)36/h1-8,10-11,13-16,18,27,30,33-34H,9,12,17,19H2,(H,35,36)/t27-,30-/m0/s1. The maximum atomic E-state index is 11.1. The number of fused-ring (bicyclic) bond motifs is 1. The summed E-state index contributed by atoms with van der Waals surface area (Å²) in [5.74, 6) is 0.310. The molecule has 0 aliphatic heterocycles. The lowest BCUT2D eigenvalue weighted by atomic mass is 9.86. The molecule has 0 fully saturated rings. The quantitative estimate of drug-likeness (QED) is 0.245. The number of nitrogens with one attached hydrogen (secondary N) is 1. The second-order valence-electron chi connectivity index (χ2n) is 9.36. The Hall–Kier alpha value is -3.64. The Morgan fingerprint density at radius 3 is 2.49 bits per heavy atom. The van der Waals surface area contributed by atoms with Crippen molar-refractivity contribution in [2.75, 3.05) is 6.54 Å². The topological polar surface area (TPSA) is 78.8 Å². The molecule has 0 bridgehead atoms. The molecule has 0 spiro atoms. The zero-order valence-electron chi connectivity index (χ0n) is 20.2. The van der Waals surface area contributed by atoms with Crippen molar-refractivity contribution in [2.45, 2.75) is 31.4 Å². The summed E-state index contributed by atoms with van der Waals surface area (Å²) in [6.45, 7) is 0.479. The van der Waals surface area contributed by atoms with Gasteiger partial charge < -0.3 is 20.3 Å². The molecule has 37 heavy (non-hydrogen) atoms. The molecule has 4 aromatic rings. The van der Waals surface area contributed by atoms with Gasteiger partial charge in [-0.15, -0.1) is 0 Å². The van der Waals surface area contributed by atoms with E-state index in [2.05, 4.69) is 29.6 Å². The lowest BCUT2D eigenvalue weighted by Crippen LogP contribution is -2.37. The van der Waals surface area contributed by atoms with Crippen molar-refractivity contribution >= 4 is 17.6 Å². The summed E-state index contributed by atoms with van der Waals surface area (Å²) >= 11 is 6.07. The molecule has 5 rings (SSSR count). The molecular weight excluding hydrogens is 486 g/mol. The fourth-order valence-electron chi connectivity index (χ4n) is 4.76. The van der Waals surface area contributed by atoms with Crippen LogP contribution in [0, 0.1) is 0 Å². The molecule has 188 valence electrons. The van der Waals surface area contributed by atoms with E-state index in [1.54, 1.807) is 24.3 Å². The van der Waals surface area contributed by atoms with Gasteiger partial charge in [-0.1, -0.05) is 54.1 Å². The molecule has 0 amide bonds. The van der Waals surface area contributed by atoms with Crippen molar-refractivity contribution in [1.29, 1.82) is 0 Å². The molecule has 0 unspecified atom stereocenters. The van der Waals surface area contributed by atoms with Crippen LogP contribution in [0.25, 0.3) is 11.1 Å². The summed E-state index contributed by atoms with van der Waals surface area (Å²) in [7, 11) is 0. The van der Waals surface area contributed by atoms with Crippen molar-refractivity contribution in [3.8, 4) is 22.6 Å². The van der Waals surface area contributed by atoms with Gasteiger partial charge in [-0.05, 0) is 95.6 Å². The van der Waals surface area contributed by atoms with Gasteiger partial charge in [0.1, 0.15) is 11.5 Å². The Morgan fingerprint density at radius 2 is 1.70 bits per heavy atom. The van der Waals surface area contributed by atoms with E-state index in [4.69, 9.17) is 21.4 Å². The first-order valence-corrected chi connectivity index (χ1v) is 12.7. The van der Waals surface area contributed by atoms with Crippen LogP contribution in [0.2, 0.25) is 5.02 Å². The van der Waals surface area contributed by atoms with Crippen molar-refractivity contribution in [3.05, 3.63) is 118 Å². The number of carboxylic acid groups (broad SMARTS) is 1. The molecule has 1 aliphatic rings. The highest BCUT2D eigenvalue weighted by atomic mass is 35.5. The number of aliphatic hydroxyl groups excluding tert-OH is 1. The van der Waals surface area contributed by atoms with E-state index in [1.807, 2.05) is 30.3 Å². The van der Waals surface area contributed by atoms with Crippen LogP contribution in [0.1, 0.15) is 39.6 Å². The van der Waals surface area contributed by atoms with Gasteiger partial charge in [-0.2, -0.15) is 0 Å². The minimum absolute atomic E-state index is 0.224. The lowest BCUT2D eigenvalue weighted by molar-refractivity contribution is 0.0697. The van der Waals surface area contributed by atoms with Crippen molar-refractivity contribution in [1.82, 2.24) is 5.32 Å². The van der Waals surface area contributed by atoms with Crippen LogP contribution in [0.3, 0.4) is 0 Å². The van der Waals surface area contributed by atoms with Gasteiger partial charge in [0.05, 0.1) is 11.7 Å². The summed E-state index contributed by atoms with van der Waals surface area (Å²) in [4.78, 5) is 11.1. The minimum Gasteiger partial charge on any atom is -0.478 e. The first-order valence-electron chi connectivity index (χ1n) is 12.3. The number of hydrogen-bond acceptors (Lipinski definition) is 4. The predicted molar refractivity (Wildman–Crippen MR) is 146 cm³/mol. The fourth-order valence-corrected chi connectivity index (χ4v) is 4.96. The third-order valence-corrected chi connectivity index (χ3v) is 7.01. The van der Waals surface area contributed by atoms with Crippen LogP contribution in [0.5, 0.6) is 11.5 Å². The first kappa shape index (κ1) is 25.0. The normalized spacial score (nSPS) is 15.6. The van der Waals surface area contributed by atoms with Crippen LogP contribution < -0.4 is 10.1 Å². The number of carbonyl (C=O) groups is 1. The Kier molecular flexibility index (Phi) is 7.56. The summed E-state index contributed by atoms with van der Waals surface area (Å²) < 4.78 is 5.97. The van der Waals surface area contributed by atoms with E-state index < -0.39 is 12.1 Å². The predicted octanol–water partition coefficient (Wildman–Crippen LogP) is 6.68. The summed E-state index contributed by atoms with van der Waals surface area (Å²) in [6, 6.07) is 28.5. The summed E-state index contributed by atoms with van der Waals surface area (Å²) in [5.41, 5.74) is 5.89. The maximum absolute atomic E-state index is 11.1. The summed E-state index contributed by atoms with van der Waals surface area (Å²) in [6.07, 6.45) is 2.32. The third kappa shape index (κ3) is 6.20. The third-order valence-electron chi connectivity index (χ3n) is 6.77. The highest BCUT2D eigenvalue weighted by Gasteiger charge is 2.20. The van der Waals surface area contributed by atoms with Gasteiger partial charge in [0.25, 0.3) is 0 Å². The number of hydrogen-bond donors (Lipinski definition) is 3. The van der Waals surface area contributed by atoms with Crippen molar-refractivity contribution in [3.63, 3.8) is 0 Å². The number of carboxylic acids is 1. The van der Waals surface area contributed by atoms with Crippen LogP contribution >= 0.6 is 11.6 Å². The van der Waals surface area contributed by atoms with E-state index in [0.29, 0.717) is 29.1 Å². The van der Waals surface area contributed by atoms with E-state index in [9.17, 15) is 9.90 Å². The molecule has 0 saturated heterocycles. The molecule has 0 radical (unpaired) electrons. The average Bonchev–Trinajstić information content (AvgIpc) is 2.91. The molecule has 5 nitrogen and oxygen atoms in total. The molecule has 4 aromatic carbocycles. The van der Waals surface area contributed by atoms with Crippen molar-refractivity contribution in [2.24, 2.45) is 0 Å². The second-order valence-corrected chi connectivity index (χ2v) is 9.80. The number of benzene rings is 4. The molecule has 0 saturated carbocycles. The monoisotopic (exact) mass is 513 g/mol. The first-order chi connectivity index (χ1) is 17.9.